The highest BCUT2D eigenvalue weighted by molar-refractivity contribution is 7.22. The summed E-state index contributed by atoms with van der Waals surface area (Å²) in [5, 5.41) is 12.3. The molecule has 17 rings (SSSR count). The van der Waals surface area contributed by atoms with E-state index in [-0.39, 0.29) is 0 Å². The zero-order chi connectivity index (χ0) is 66.0. The molecule has 0 aliphatic rings. The molecule has 0 aliphatic heterocycles. The molecule has 0 atom stereocenters. The van der Waals surface area contributed by atoms with Crippen LogP contribution in [-0.4, -0.2) is 30.7 Å². The van der Waals surface area contributed by atoms with Crippen molar-refractivity contribution in [2.75, 3.05) is 0 Å². The predicted molar refractivity (Wildman–Crippen MR) is 422 cm³/mol. The highest BCUT2D eigenvalue weighted by atomic mass is 28.3. The van der Waals surface area contributed by atoms with Crippen molar-refractivity contribution < 1.29 is 0 Å². The molecule has 2 heterocycles. The second kappa shape index (κ2) is 26.3. The smallest absolute Gasteiger partial charge is 0.179 e. The average molecular weight is 1290 g/mol. The summed E-state index contributed by atoms with van der Waals surface area (Å²) in [4.78, 5) is 11.9. The molecule has 0 saturated heterocycles. The lowest BCUT2D eigenvalue weighted by Gasteiger charge is -2.38. The maximum atomic E-state index is 6.00. The van der Waals surface area contributed by atoms with E-state index < -0.39 is 16.1 Å². The lowest BCUT2D eigenvalue weighted by Crippen LogP contribution is -2.78. The Morgan fingerprint density at radius 1 is 0.182 bits per heavy atom. The van der Waals surface area contributed by atoms with Crippen molar-refractivity contribution in [3.63, 3.8) is 0 Å². The maximum absolute atomic E-state index is 6.00. The van der Waals surface area contributed by atoms with E-state index in [0.29, 0.717) is 5.82 Å². The number of aromatic nitrogens is 3. The molecule has 0 N–H and O–H groups in total. The van der Waals surface area contributed by atoms with E-state index in [1.54, 1.807) is 0 Å². The number of nitrogens with zero attached hydrogens (tertiary/aromatic N) is 3. The van der Waals surface area contributed by atoms with Crippen LogP contribution in [0, 0.1) is 0 Å². The standard InChI is InChI=1S/C94H67N3Si2/c1-8-27-68(28-9-1)73-47-55-82(56-48-73)98(80-39-18-6-19-40-80,83-57-49-74(50-58-83)69-29-10-2-11-30-69)86-64-79(94-95-90(78-38-26-37-77(63-78)72-35-16-5-17-36-72)67-93(96-94)97-91-45-24-22-43-88(91)89-44-23-25-46-92(89)97)65-87(66-86)99(81-41-20-7-21-42-81,84-59-51-75(52-60-84)70-31-12-3-13-32-70)85-61-53-76(54-62-85)71-33-14-4-15-34-71/h1-67H. The van der Waals surface area contributed by atoms with Gasteiger partial charge in [0.25, 0.3) is 0 Å². The van der Waals surface area contributed by atoms with E-state index in [1.807, 2.05) is 0 Å². The molecule has 0 spiro atoms. The Labute approximate surface area is 580 Å². The van der Waals surface area contributed by atoms with Gasteiger partial charge in [-0.3, -0.25) is 4.57 Å². The first-order valence-corrected chi connectivity index (χ1v) is 38.0. The molecule has 466 valence electrons. The van der Waals surface area contributed by atoms with Crippen LogP contribution < -0.4 is 41.5 Å². The summed E-state index contributed by atoms with van der Waals surface area (Å²) in [6.45, 7) is 0. The third-order valence-corrected chi connectivity index (χ3v) is 29.5. The lowest BCUT2D eigenvalue weighted by molar-refractivity contribution is 1.05. The van der Waals surface area contributed by atoms with Crippen molar-refractivity contribution in [3.05, 3.63) is 406 Å². The van der Waals surface area contributed by atoms with Gasteiger partial charge in [0.15, 0.2) is 22.0 Å². The van der Waals surface area contributed by atoms with E-state index >= 15 is 0 Å². The monoisotopic (exact) mass is 1290 g/mol. The van der Waals surface area contributed by atoms with Gasteiger partial charge >= 0.3 is 0 Å². The molecule has 17 aromatic rings. The largest absolute Gasteiger partial charge is 0.294 e. The summed E-state index contributed by atoms with van der Waals surface area (Å²) in [5.41, 5.74) is 16.5. The van der Waals surface area contributed by atoms with Crippen LogP contribution in [-0.2, 0) is 0 Å². The van der Waals surface area contributed by atoms with Crippen molar-refractivity contribution in [1.29, 1.82) is 0 Å². The van der Waals surface area contributed by atoms with Crippen molar-refractivity contribution in [3.8, 4) is 84.1 Å². The Hall–Kier alpha value is -12.4. The summed E-state index contributed by atoms with van der Waals surface area (Å²) < 4.78 is 2.35. The number of benzene rings is 15. The van der Waals surface area contributed by atoms with Crippen LogP contribution >= 0.6 is 0 Å². The first-order chi connectivity index (χ1) is 49.1. The Bertz CT molecular complexity index is 5210. The summed E-state index contributed by atoms with van der Waals surface area (Å²) in [5.74, 6) is 1.41. The SMILES string of the molecule is c1ccc(-c2ccc([Si](c3ccccc3)(c3ccc(-c4ccccc4)cc3)c3cc(-c4nc(-c5cccc(-c6ccccc6)c5)cc(-n5c6ccccc6c6ccccc65)n4)cc([Si](c4ccccc4)(c4ccc(-c5ccccc5)cc4)c4ccc(-c5ccccc5)cc4)c3)cc2)cc1. The van der Waals surface area contributed by atoms with Gasteiger partial charge in [0, 0.05) is 28.0 Å². The van der Waals surface area contributed by atoms with Crippen LogP contribution in [0.1, 0.15) is 0 Å². The Morgan fingerprint density at radius 3 is 0.828 bits per heavy atom. The van der Waals surface area contributed by atoms with E-state index in [2.05, 4.69) is 411 Å². The fraction of sp³-hybridized carbons (Fsp3) is 0. The van der Waals surface area contributed by atoms with Gasteiger partial charge in [-0.25, -0.2) is 9.97 Å². The molecule has 0 bridgehead atoms. The van der Waals surface area contributed by atoms with E-state index in [9.17, 15) is 0 Å². The van der Waals surface area contributed by atoms with Gasteiger partial charge in [0.05, 0.1) is 16.7 Å². The van der Waals surface area contributed by atoms with Crippen LogP contribution in [0.5, 0.6) is 0 Å². The lowest BCUT2D eigenvalue weighted by atomic mass is 10.0. The number of rotatable bonds is 16. The molecule has 99 heavy (non-hydrogen) atoms. The molecule has 2 aromatic heterocycles. The van der Waals surface area contributed by atoms with Gasteiger partial charge in [0.2, 0.25) is 0 Å². The normalized spacial score (nSPS) is 11.6. The van der Waals surface area contributed by atoms with Crippen molar-refractivity contribution >= 4 is 79.4 Å². The Morgan fingerprint density at radius 2 is 0.465 bits per heavy atom. The molecule has 0 amide bonds. The number of hydrogen-bond donors (Lipinski definition) is 0. The summed E-state index contributed by atoms with van der Waals surface area (Å²) in [7, 11) is -7.06. The van der Waals surface area contributed by atoms with Gasteiger partial charge in [0.1, 0.15) is 5.82 Å². The van der Waals surface area contributed by atoms with E-state index in [0.717, 1.165) is 77.8 Å². The minimum atomic E-state index is -3.53. The summed E-state index contributed by atoms with van der Waals surface area (Å²) in [6, 6.07) is 151. The van der Waals surface area contributed by atoms with Crippen molar-refractivity contribution in [1.82, 2.24) is 14.5 Å². The van der Waals surface area contributed by atoms with E-state index in [4.69, 9.17) is 9.97 Å². The fourth-order valence-corrected chi connectivity index (χ4v) is 24.9. The first-order valence-electron chi connectivity index (χ1n) is 34.0. The van der Waals surface area contributed by atoms with Gasteiger partial charge in [-0.1, -0.05) is 382 Å². The second-order valence-corrected chi connectivity index (χ2v) is 33.2. The molecule has 0 fully saturated rings. The van der Waals surface area contributed by atoms with Crippen molar-refractivity contribution in [2.24, 2.45) is 0 Å². The predicted octanol–water partition coefficient (Wildman–Crippen LogP) is 18.0. The van der Waals surface area contributed by atoms with Crippen LogP contribution in [0.25, 0.3) is 106 Å². The van der Waals surface area contributed by atoms with Gasteiger partial charge in [-0.05, 0) is 115 Å². The number of hydrogen-bond acceptors (Lipinski definition) is 2. The summed E-state index contributed by atoms with van der Waals surface area (Å²) >= 11 is 0. The summed E-state index contributed by atoms with van der Waals surface area (Å²) in [6.07, 6.45) is 0. The molecule has 15 aromatic carbocycles. The van der Waals surface area contributed by atoms with Gasteiger partial charge < -0.3 is 0 Å². The van der Waals surface area contributed by atoms with Crippen molar-refractivity contribution in [2.45, 2.75) is 0 Å². The minimum absolute atomic E-state index is 0.627. The molecular weight excluding hydrogens is 1230 g/mol. The van der Waals surface area contributed by atoms with Gasteiger partial charge in [-0.15, -0.1) is 0 Å². The molecule has 0 aliphatic carbocycles. The van der Waals surface area contributed by atoms with Gasteiger partial charge in [-0.2, -0.15) is 0 Å². The topological polar surface area (TPSA) is 30.7 Å². The van der Waals surface area contributed by atoms with Crippen LogP contribution in [0.15, 0.2) is 406 Å². The zero-order valence-corrected chi connectivity index (χ0v) is 56.5. The molecule has 5 heteroatoms. The number of para-hydroxylation sites is 2. The van der Waals surface area contributed by atoms with E-state index in [1.165, 1.54) is 63.7 Å². The Balaban J connectivity index is 1.02. The quantitative estimate of drug-likeness (QED) is 0.0713. The molecule has 0 unspecified atom stereocenters. The van der Waals surface area contributed by atoms with Crippen LogP contribution in [0.3, 0.4) is 0 Å². The zero-order valence-electron chi connectivity index (χ0n) is 54.5. The average Bonchev–Trinajstić information content (AvgIpc) is 1.33. The Kier molecular flexibility index (Phi) is 16.0. The second-order valence-electron chi connectivity index (χ2n) is 25.6. The third kappa shape index (κ3) is 11.2. The molecular formula is C94H67N3Si2. The highest BCUT2D eigenvalue weighted by Gasteiger charge is 2.46. The maximum Gasteiger partial charge on any atom is 0.179 e. The fourth-order valence-electron chi connectivity index (χ4n) is 15.2. The highest BCUT2D eigenvalue weighted by Crippen LogP contribution is 2.35. The minimum Gasteiger partial charge on any atom is -0.294 e. The third-order valence-electron chi connectivity index (χ3n) is 20.0. The molecule has 0 radical (unpaired) electrons. The van der Waals surface area contributed by atoms with Crippen LogP contribution in [0.2, 0.25) is 0 Å². The molecule has 3 nitrogen and oxygen atoms in total. The van der Waals surface area contributed by atoms with Crippen LogP contribution in [0.4, 0.5) is 0 Å². The first kappa shape index (κ1) is 60.3. The number of fused-ring (bicyclic) bond motifs is 3. The molecule has 0 saturated carbocycles.